The standard InChI is InChI=1S/C22H20N2O3/c25-21(17-8-9-20-16(13-17)6-2-10-23-20)24-11-3-7-19(14-24)15-4-1-5-18(12-15)22(26)27/h1-2,4-6,8-10,12-13,19H,3,7,11,14H2,(H,26,27)/t19-/m1/s1. The summed E-state index contributed by atoms with van der Waals surface area (Å²) in [6.07, 6.45) is 3.60. The van der Waals surface area contributed by atoms with Crippen molar-refractivity contribution in [3.05, 3.63) is 77.5 Å². The number of aromatic nitrogens is 1. The third-order valence-corrected chi connectivity index (χ3v) is 5.16. The molecule has 1 N–H and O–H groups in total. The second-order valence-electron chi connectivity index (χ2n) is 6.93. The summed E-state index contributed by atoms with van der Waals surface area (Å²) in [5, 5.41) is 10.2. The summed E-state index contributed by atoms with van der Waals surface area (Å²) in [6.45, 7) is 1.33. The van der Waals surface area contributed by atoms with E-state index in [1.165, 1.54) is 0 Å². The Hall–Kier alpha value is -3.21. The van der Waals surface area contributed by atoms with E-state index in [0.29, 0.717) is 12.1 Å². The maximum Gasteiger partial charge on any atom is 0.335 e. The van der Waals surface area contributed by atoms with Gasteiger partial charge in [0, 0.05) is 36.2 Å². The molecule has 0 aliphatic carbocycles. The lowest BCUT2D eigenvalue weighted by Gasteiger charge is -2.33. The van der Waals surface area contributed by atoms with E-state index in [1.807, 2.05) is 41.3 Å². The molecule has 1 atom stereocenters. The van der Waals surface area contributed by atoms with Gasteiger partial charge >= 0.3 is 5.97 Å². The molecule has 1 fully saturated rings. The molecule has 2 heterocycles. The number of fused-ring (bicyclic) bond motifs is 1. The molecule has 1 saturated heterocycles. The summed E-state index contributed by atoms with van der Waals surface area (Å²) in [5.74, 6) is -0.755. The van der Waals surface area contributed by atoms with Gasteiger partial charge in [0.15, 0.2) is 0 Å². The zero-order chi connectivity index (χ0) is 18.8. The number of hydrogen-bond donors (Lipinski definition) is 1. The van der Waals surface area contributed by atoms with Crippen LogP contribution < -0.4 is 0 Å². The van der Waals surface area contributed by atoms with Crippen molar-refractivity contribution >= 4 is 22.8 Å². The Kier molecular flexibility index (Phi) is 4.59. The van der Waals surface area contributed by atoms with Crippen LogP contribution in [0.3, 0.4) is 0 Å². The number of carboxylic acid groups (broad SMARTS) is 1. The first kappa shape index (κ1) is 17.2. The summed E-state index contributed by atoms with van der Waals surface area (Å²) in [6, 6.07) is 16.5. The lowest BCUT2D eigenvalue weighted by molar-refractivity contribution is 0.0688. The van der Waals surface area contributed by atoms with Crippen LogP contribution in [0, 0.1) is 0 Å². The Morgan fingerprint density at radius 2 is 1.93 bits per heavy atom. The molecule has 1 amide bonds. The predicted molar refractivity (Wildman–Crippen MR) is 103 cm³/mol. The van der Waals surface area contributed by atoms with Crippen LogP contribution in [0.2, 0.25) is 0 Å². The quantitative estimate of drug-likeness (QED) is 0.768. The van der Waals surface area contributed by atoms with Gasteiger partial charge in [-0.2, -0.15) is 0 Å². The maximum absolute atomic E-state index is 13.0. The molecule has 0 radical (unpaired) electrons. The largest absolute Gasteiger partial charge is 0.478 e. The summed E-state index contributed by atoms with van der Waals surface area (Å²) < 4.78 is 0. The van der Waals surface area contributed by atoms with E-state index < -0.39 is 5.97 Å². The second kappa shape index (κ2) is 7.19. The van der Waals surface area contributed by atoms with Crippen molar-refractivity contribution < 1.29 is 14.7 Å². The van der Waals surface area contributed by atoms with Crippen molar-refractivity contribution in [2.24, 2.45) is 0 Å². The Labute approximate surface area is 157 Å². The summed E-state index contributed by atoms with van der Waals surface area (Å²) >= 11 is 0. The fourth-order valence-electron chi connectivity index (χ4n) is 3.75. The van der Waals surface area contributed by atoms with E-state index in [9.17, 15) is 14.7 Å². The number of pyridine rings is 1. The van der Waals surface area contributed by atoms with Crippen LogP contribution in [0.15, 0.2) is 60.8 Å². The van der Waals surface area contributed by atoms with Crippen LogP contribution in [0.1, 0.15) is 45.0 Å². The minimum atomic E-state index is -0.926. The van der Waals surface area contributed by atoms with Gasteiger partial charge in [0.1, 0.15) is 0 Å². The Bertz CT molecular complexity index is 1020. The number of carbonyl (C=O) groups is 2. The molecule has 1 aliphatic heterocycles. The number of hydrogen-bond acceptors (Lipinski definition) is 3. The molecule has 1 aromatic heterocycles. The van der Waals surface area contributed by atoms with Crippen molar-refractivity contribution in [1.82, 2.24) is 9.88 Å². The van der Waals surface area contributed by atoms with Gasteiger partial charge in [-0.05, 0) is 54.8 Å². The monoisotopic (exact) mass is 360 g/mol. The first-order valence-corrected chi connectivity index (χ1v) is 9.09. The molecule has 0 bridgehead atoms. The average Bonchev–Trinajstić information content (AvgIpc) is 2.73. The van der Waals surface area contributed by atoms with Crippen LogP contribution >= 0.6 is 0 Å². The average molecular weight is 360 g/mol. The molecule has 5 heteroatoms. The van der Waals surface area contributed by atoms with E-state index >= 15 is 0 Å². The number of aromatic carboxylic acids is 1. The SMILES string of the molecule is O=C(O)c1cccc([C@@H]2CCCN(C(=O)c3ccc4ncccc4c3)C2)c1. The molecule has 0 saturated carbocycles. The highest BCUT2D eigenvalue weighted by Crippen LogP contribution is 2.28. The molecule has 5 nitrogen and oxygen atoms in total. The number of nitrogens with zero attached hydrogens (tertiary/aromatic N) is 2. The molecular weight excluding hydrogens is 340 g/mol. The topological polar surface area (TPSA) is 70.5 Å². The lowest BCUT2D eigenvalue weighted by atomic mass is 9.89. The van der Waals surface area contributed by atoms with E-state index in [4.69, 9.17) is 0 Å². The molecule has 0 unspecified atom stereocenters. The van der Waals surface area contributed by atoms with Crippen molar-refractivity contribution in [2.75, 3.05) is 13.1 Å². The fraction of sp³-hybridized carbons (Fsp3) is 0.227. The van der Waals surface area contributed by atoms with Crippen LogP contribution in [-0.4, -0.2) is 40.0 Å². The van der Waals surface area contributed by atoms with E-state index in [1.54, 1.807) is 24.4 Å². The molecule has 3 aromatic rings. The number of carbonyl (C=O) groups excluding carboxylic acids is 1. The number of rotatable bonds is 3. The minimum absolute atomic E-state index is 0.0137. The molecular formula is C22H20N2O3. The van der Waals surface area contributed by atoms with Crippen LogP contribution in [0.4, 0.5) is 0 Å². The Balaban J connectivity index is 1.56. The number of piperidine rings is 1. The number of likely N-dealkylation sites (tertiary alicyclic amines) is 1. The molecule has 0 spiro atoms. The van der Waals surface area contributed by atoms with Gasteiger partial charge in [0.25, 0.3) is 5.91 Å². The normalized spacial score (nSPS) is 17.0. The first-order valence-electron chi connectivity index (χ1n) is 9.09. The highest BCUT2D eigenvalue weighted by molar-refractivity contribution is 5.98. The van der Waals surface area contributed by atoms with Crippen LogP contribution in [-0.2, 0) is 0 Å². The first-order chi connectivity index (χ1) is 13.1. The summed E-state index contributed by atoms with van der Waals surface area (Å²) in [7, 11) is 0. The van der Waals surface area contributed by atoms with Crippen LogP contribution in [0.25, 0.3) is 10.9 Å². The van der Waals surface area contributed by atoms with E-state index in [-0.39, 0.29) is 17.4 Å². The number of carboxylic acids is 1. The molecule has 4 rings (SSSR count). The fourth-order valence-corrected chi connectivity index (χ4v) is 3.75. The molecule has 1 aliphatic rings. The summed E-state index contributed by atoms with van der Waals surface area (Å²) in [5.41, 5.74) is 2.81. The zero-order valence-corrected chi connectivity index (χ0v) is 14.8. The highest BCUT2D eigenvalue weighted by Gasteiger charge is 2.26. The van der Waals surface area contributed by atoms with Crippen molar-refractivity contribution in [2.45, 2.75) is 18.8 Å². The van der Waals surface area contributed by atoms with Gasteiger partial charge in [-0.3, -0.25) is 9.78 Å². The van der Waals surface area contributed by atoms with Gasteiger partial charge in [0.05, 0.1) is 11.1 Å². The predicted octanol–water partition coefficient (Wildman–Crippen LogP) is 3.95. The number of benzene rings is 2. The van der Waals surface area contributed by atoms with E-state index in [0.717, 1.165) is 35.9 Å². The Morgan fingerprint density at radius 3 is 2.78 bits per heavy atom. The smallest absolute Gasteiger partial charge is 0.335 e. The Morgan fingerprint density at radius 1 is 1.04 bits per heavy atom. The third-order valence-electron chi connectivity index (χ3n) is 5.16. The van der Waals surface area contributed by atoms with Gasteiger partial charge in [0.2, 0.25) is 0 Å². The zero-order valence-electron chi connectivity index (χ0n) is 14.8. The number of amides is 1. The molecule has 136 valence electrons. The van der Waals surface area contributed by atoms with Gasteiger partial charge in [-0.15, -0.1) is 0 Å². The highest BCUT2D eigenvalue weighted by atomic mass is 16.4. The maximum atomic E-state index is 13.0. The molecule has 2 aromatic carbocycles. The van der Waals surface area contributed by atoms with Crippen molar-refractivity contribution in [3.63, 3.8) is 0 Å². The van der Waals surface area contributed by atoms with Crippen molar-refractivity contribution in [1.29, 1.82) is 0 Å². The summed E-state index contributed by atoms with van der Waals surface area (Å²) in [4.78, 5) is 30.4. The molecule has 27 heavy (non-hydrogen) atoms. The van der Waals surface area contributed by atoms with E-state index in [2.05, 4.69) is 4.98 Å². The van der Waals surface area contributed by atoms with Gasteiger partial charge in [-0.25, -0.2) is 4.79 Å². The lowest BCUT2D eigenvalue weighted by Crippen LogP contribution is -2.39. The van der Waals surface area contributed by atoms with Crippen molar-refractivity contribution in [3.8, 4) is 0 Å². The van der Waals surface area contributed by atoms with Crippen LogP contribution in [0.5, 0.6) is 0 Å². The minimum Gasteiger partial charge on any atom is -0.478 e. The van der Waals surface area contributed by atoms with Gasteiger partial charge in [-0.1, -0.05) is 18.2 Å². The third kappa shape index (κ3) is 3.53. The van der Waals surface area contributed by atoms with Gasteiger partial charge < -0.3 is 10.0 Å². The second-order valence-corrected chi connectivity index (χ2v) is 6.93.